The number of carboxylic acid groups (broad SMARTS) is 1. The monoisotopic (exact) mass is 319 g/mol. The lowest BCUT2D eigenvalue weighted by Gasteiger charge is -2.13. The molecule has 1 unspecified atom stereocenters. The summed E-state index contributed by atoms with van der Waals surface area (Å²) in [5, 5.41) is 11.7. The van der Waals surface area contributed by atoms with E-state index in [0.717, 1.165) is 36.1 Å². The van der Waals surface area contributed by atoms with Crippen LogP contribution in [0.3, 0.4) is 0 Å². The first kappa shape index (κ1) is 17.3. The number of rotatable bonds is 9. The van der Waals surface area contributed by atoms with E-state index >= 15 is 0 Å². The quantitative estimate of drug-likeness (QED) is 0.686. The van der Waals surface area contributed by atoms with Gasteiger partial charge in [0.1, 0.15) is 11.8 Å². The topological polar surface area (TPSA) is 75.6 Å². The number of unbranched alkanes of at least 4 members (excludes halogenated alkanes) is 1. The van der Waals surface area contributed by atoms with Crippen molar-refractivity contribution >= 4 is 11.9 Å². The van der Waals surface area contributed by atoms with E-state index in [2.05, 4.69) is 5.32 Å². The first-order chi connectivity index (χ1) is 11.0. The Hall–Kier alpha value is -2.04. The molecule has 0 spiro atoms. The van der Waals surface area contributed by atoms with Gasteiger partial charge in [0.2, 0.25) is 5.91 Å². The van der Waals surface area contributed by atoms with Crippen molar-refractivity contribution in [3.8, 4) is 5.75 Å². The van der Waals surface area contributed by atoms with Crippen LogP contribution in [0, 0.1) is 19.8 Å². The minimum absolute atomic E-state index is 0.115. The molecule has 1 fully saturated rings. The second-order valence-electron chi connectivity index (χ2n) is 6.30. The molecule has 0 heterocycles. The predicted octanol–water partition coefficient (Wildman–Crippen LogP) is 2.83. The Kier molecular flexibility index (Phi) is 6.02. The molecule has 1 saturated carbocycles. The average Bonchev–Trinajstić information content (AvgIpc) is 3.32. The second-order valence-corrected chi connectivity index (χ2v) is 6.30. The summed E-state index contributed by atoms with van der Waals surface area (Å²) in [6.07, 6.45) is 3.57. The van der Waals surface area contributed by atoms with Crippen LogP contribution in [0.4, 0.5) is 0 Å². The van der Waals surface area contributed by atoms with Crippen LogP contribution in [-0.4, -0.2) is 29.6 Å². The van der Waals surface area contributed by atoms with E-state index < -0.39 is 12.0 Å². The van der Waals surface area contributed by atoms with Gasteiger partial charge in [-0.2, -0.15) is 0 Å². The van der Waals surface area contributed by atoms with Crippen molar-refractivity contribution in [1.82, 2.24) is 5.32 Å². The summed E-state index contributed by atoms with van der Waals surface area (Å²) in [6, 6.07) is 5.37. The van der Waals surface area contributed by atoms with Crippen molar-refractivity contribution in [3.63, 3.8) is 0 Å². The van der Waals surface area contributed by atoms with Crippen LogP contribution in [0.25, 0.3) is 0 Å². The van der Waals surface area contributed by atoms with Crippen LogP contribution in [0.1, 0.15) is 43.2 Å². The molecule has 1 aromatic carbocycles. The molecule has 0 aromatic heterocycles. The zero-order valence-electron chi connectivity index (χ0n) is 13.8. The Bertz CT molecular complexity index is 566. The number of benzene rings is 1. The van der Waals surface area contributed by atoms with E-state index in [1.165, 1.54) is 0 Å². The van der Waals surface area contributed by atoms with Crippen molar-refractivity contribution in [2.75, 3.05) is 6.61 Å². The van der Waals surface area contributed by atoms with Gasteiger partial charge in [-0.25, -0.2) is 4.79 Å². The van der Waals surface area contributed by atoms with Crippen LogP contribution >= 0.6 is 0 Å². The van der Waals surface area contributed by atoms with Crippen molar-refractivity contribution < 1.29 is 19.4 Å². The van der Waals surface area contributed by atoms with Gasteiger partial charge >= 0.3 is 5.97 Å². The third-order valence-corrected chi connectivity index (χ3v) is 4.08. The Morgan fingerprint density at radius 2 is 2.04 bits per heavy atom. The van der Waals surface area contributed by atoms with Gasteiger partial charge in [0, 0.05) is 6.42 Å². The molecule has 5 nitrogen and oxygen atoms in total. The standard InChI is InChI=1S/C18H25NO4/c1-12-6-7-13(2)15(11-12)23-10-4-3-5-16(20)19-17(18(21)22)14-8-9-14/h6-7,11,14,17H,3-5,8-10H2,1-2H3,(H,19,20)(H,21,22). The highest BCUT2D eigenvalue weighted by atomic mass is 16.5. The van der Waals surface area contributed by atoms with Gasteiger partial charge in [0.25, 0.3) is 0 Å². The molecule has 2 rings (SSSR count). The highest BCUT2D eigenvalue weighted by molar-refractivity contribution is 5.83. The fraction of sp³-hybridized carbons (Fsp3) is 0.556. The Morgan fingerprint density at radius 1 is 1.30 bits per heavy atom. The van der Waals surface area contributed by atoms with Gasteiger partial charge < -0.3 is 15.2 Å². The number of carbonyl (C=O) groups is 2. The summed E-state index contributed by atoms with van der Waals surface area (Å²) in [5.41, 5.74) is 2.26. The first-order valence-corrected chi connectivity index (χ1v) is 8.19. The molecule has 1 aromatic rings. The molecule has 23 heavy (non-hydrogen) atoms. The largest absolute Gasteiger partial charge is 0.493 e. The smallest absolute Gasteiger partial charge is 0.326 e. The number of carbonyl (C=O) groups excluding carboxylic acids is 1. The van der Waals surface area contributed by atoms with Crippen molar-refractivity contribution in [2.24, 2.45) is 5.92 Å². The van der Waals surface area contributed by atoms with E-state index in [-0.39, 0.29) is 11.8 Å². The summed E-state index contributed by atoms with van der Waals surface area (Å²) in [4.78, 5) is 22.9. The highest BCUT2D eigenvalue weighted by Gasteiger charge is 2.37. The van der Waals surface area contributed by atoms with Gasteiger partial charge in [-0.05, 0) is 62.6 Å². The molecule has 126 valence electrons. The summed E-state index contributed by atoms with van der Waals surface area (Å²) in [6.45, 7) is 4.59. The molecule has 1 amide bonds. The number of hydrogen-bond acceptors (Lipinski definition) is 3. The Morgan fingerprint density at radius 3 is 2.70 bits per heavy atom. The van der Waals surface area contributed by atoms with E-state index in [0.29, 0.717) is 19.4 Å². The fourth-order valence-corrected chi connectivity index (χ4v) is 2.49. The molecule has 0 saturated heterocycles. The van der Waals surface area contributed by atoms with Crippen LogP contribution in [0.15, 0.2) is 18.2 Å². The van der Waals surface area contributed by atoms with E-state index in [1.54, 1.807) is 0 Å². The highest BCUT2D eigenvalue weighted by Crippen LogP contribution is 2.32. The van der Waals surface area contributed by atoms with Crippen LogP contribution in [-0.2, 0) is 9.59 Å². The lowest BCUT2D eigenvalue weighted by Crippen LogP contribution is -2.42. The molecule has 0 bridgehead atoms. The number of ether oxygens (including phenoxy) is 1. The third-order valence-electron chi connectivity index (χ3n) is 4.08. The van der Waals surface area contributed by atoms with E-state index in [1.807, 2.05) is 32.0 Å². The maximum atomic E-state index is 11.8. The molecule has 5 heteroatoms. The van der Waals surface area contributed by atoms with E-state index in [9.17, 15) is 9.59 Å². The van der Waals surface area contributed by atoms with Gasteiger partial charge in [-0.3, -0.25) is 4.79 Å². The molecular formula is C18H25NO4. The Balaban J connectivity index is 1.64. The Labute approximate surface area is 137 Å². The molecular weight excluding hydrogens is 294 g/mol. The van der Waals surface area contributed by atoms with Crippen LogP contribution < -0.4 is 10.1 Å². The zero-order valence-corrected chi connectivity index (χ0v) is 13.8. The van der Waals surface area contributed by atoms with Crippen LogP contribution in [0.2, 0.25) is 0 Å². The number of aryl methyl sites for hydroxylation is 2. The maximum Gasteiger partial charge on any atom is 0.326 e. The summed E-state index contributed by atoms with van der Waals surface area (Å²) in [7, 11) is 0. The molecule has 1 aliphatic rings. The third kappa shape index (κ3) is 5.58. The number of carboxylic acids is 1. The van der Waals surface area contributed by atoms with Gasteiger partial charge in [0.15, 0.2) is 0 Å². The first-order valence-electron chi connectivity index (χ1n) is 8.19. The van der Waals surface area contributed by atoms with Crippen molar-refractivity contribution in [3.05, 3.63) is 29.3 Å². The summed E-state index contributed by atoms with van der Waals surface area (Å²) >= 11 is 0. The fourth-order valence-electron chi connectivity index (χ4n) is 2.49. The van der Waals surface area contributed by atoms with E-state index in [4.69, 9.17) is 9.84 Å². The summed E-state index contributed by atoms with van der Waals surface area (Å²) < 4.78 is 5.74. The van der Waals surface area contributed by atoms with Crippen molar-refractivity contribution in [2.45, 2.75) is 52.0 Å². The van der Waals surface area contributed by atoms with Gasteiger partial charge in [0.05, 0.1) is 6.61 Å². The minimum Gasteiger partial charge on any atom is -0.493 e. The average molecular weight is 319 g/mol. The maximum absolute atomic E-state index is 11.8. The number of nitrogens with one attached hydrogen (secondary N) is 1. The number of aliphatic carboxylic acids is 1. The number of hydrogen-bond donors (Lipinski definition) is 2. The summed E-state index contributed by atoms with van der Waals surface area (Å²) in [5.74, 6) is -0.117. The molecule has 1 aliphatic carbocycles. The zero-order chi connectivity index (χ0) is 16.8. The normalized spacial score (nSPS) is 15.0. The second kappa shape index (κ2) is 7.99. The molecule has 0 aliphatic heterocycles. The molecule has 1 atom stereocenters. The lowest BCUT2D eigenvalue weighted by atomic mass is 10.1. The van der Waals surface area contributed by atoms with Crippen molar-refractivity contribution in [1.29, 1.82) is 0 Å². The molecule has 2 N–H and O–H groups in total. The van der Waals surface area contributed by atoms with Crippen LogP contribution in [0.5, 0.6) is 5.75 Å². The number of amides is 1. The van der Waals surface area contributed by atoms with Gasteiger partial charge in [-0.1, -0.05) is 12.1 Å². The SMILES string of the molecule is Cc1ccc(C)c(OCCCCC(=O)NC(C(=O)O)C2CC2)c1. The lowest BCUT2D eigenvalue weighted by molar-refractivity contribution is -0.142. The predicted molar refractivity (Wildman–Crippen MR) is 87.6 cm³/mol. The molecule has 0 radical (unpaired) electrons. The van der Waals surface area contributed by atoms with Gasteiger partial charge in [-0.15, -0.1) is 0 Å². The minimum atomic E-state index is -0.931.